The second kappa shape index (κ2) is 12.1. The van der Waals surface area contributed by atoms with Gasteiger partial charge in [-0.3, -0.25) is 0 Å². The van der Waals surface area contributed by atoms with Crippen molar-refractivity contribution >= 4 is 17.5 Å². The smallest absolute Gasteiger partial charge is 1.00 e. The van der Waals surface area contributed by atoms with Gasteiger partial charge in [0.25, 0.3) is 0 Å². The van der Waals surface area contributed by atoms with Crippen LogP contribution in [0.3, 0.4) is 0 Å². The first kappa shape index (κ1) is 24.6. The number of nitrogens with zero attached hydrogens (tertiary/aromatic N) is 2. The summed E-state index contributed by atoms with van der Waals surface area (Å²) in [5, 5.41) is 38.9. The van der Waals surface area contributed by atoms with E-state index in [1.54, 1.807) is 0 Å². The van der Waals surface area contributed by atoms with Crippen molar-refractivity contribution in [2.75, 3.05) is 0 Å². The van der Waals surface area contributed by atoms with Gasteiger partial charge in [0.1, 0.15) is 0 Å². The molecule has 4 N–H and O–H groups in total. The second-order valence-electron chi connectivity index (χ2n) is 4.40. The minimum absolute atomic E-state index is 0. The van der Waals surface area contributed by atoms with E-state index in [0.717, 1.165) is 0 Å². The molecule has 0 fully saturated rings. The summed E-state index contributed by atoms with van der Waals surface area (Å²) in [7, 11) is 0. The molecular weight excluding hydrogens is 724 g/mol. The zero-order valence-corrected chi connectivity index (χ0v) is 26.2. The Morgan fingerprint density at radius 3 is 1.28 bits per heavy atom. The molecule has 2 rings (SSSR count). The number of hydrogen-bond acceptors (Lipinski definition) is 8. The maximum absolute atomic E-state index is 10.4. The van der Waals surface area contributed by atoms with Crippen LogP contribution < -0.4 is 35.7 Å². The van der Waals surface area contributed by atoms with Crippen LogP contribution in [0.1, 0.15) is 0 Å². The Morgan fingerprint density at radius 2 is 1.08 bits per heavy atom. The number of para-hydroxylation sites is 2. The fourth-order valence-corrected chi connectivity index (χ4v) is 7.29. The number of rotatable bonds is 4. The minimum Gasteiger partial charge on any atom is 1.00 e. The maximum Gasteiger partial charge on any atom is 1.00 e. The quantitative estimate of drug-likeness (QED) is 0.145. The van der Waals surface area contributed by atoms with E-state index in [1.807, 2.05) is 0 Å². The van der Waals surface area contributed by atoms with Crippen LogP contribution in [0.5, 0.6) is 11.5 Å². The first-order chi connectivity index (χ1) is 11.3. The molecule has 0 heterocycles. The fourth-order valence-electron chi connectivity index (χ4n) is 1.83. The minimum atomic E-state index is -2.29. The monoisotopic (exact) mass is 737 g/mol. The summed E-state index contributed by atoms with van der Waals surface area (Å²) in [4.78, 5) is 19.4. The van der Waals surface area contributed by atoms with Crippen LogP contribution in [-0.4, -0.2) is 26.1 Å². The largest absolute Gasteiger partial charge is 1.00 e. The Hall–Kier alpha value is -0.370. The van der Waals surface area contributed by atoms with Gasteiger partial charge in [-0.15, -0.1) is 0 Å². The molecule has 0 aliphatic rings. The average Bonchev–Trinajstić information content (AvgIpc) is 2.54. The third-order valence-electron chi connectivity index (χ3n) is 2.90. The zero-order chi connectivity index (χ0) is 18.3. The van der Waals surface area contributed by atoms with Gasteiger partial charge in [-0.1, -0.05) is 0 Å². The summed E-state index contributed by atoms with van der Waals surface area (Å²) in [5.41, 5.74) is -0.664. The molecular formula is C12H10Hg2N2NaO8+. The molecule has 25 heavy (non-hydrogen) atoms. The normalized spacial score (nSPS) is 8.72. The van der Waals surface area contributed by atoms with Gasteiger partial charge in [0, 0.05) is 0 Å². The predicted octanol–water partition coefficient (Wildman–Crippen LogP) is -3.16. The van der Waals surface area contributed by atoms with Crippen LogP contribution >= 0.6 is 0 Å². The second-order valence-corrected chi connectivity index (χ2v) is 12.8. The van der Waals surface area contributed by atoms with E-state index in [-0.39, 0.29) is 52.4 Å². The average molecular weight is 734 g/mol. The van der Waals surface area contributed by atoms with Crippen LogP contribution in [0.25, 0.3) is 0 Å². The molecule has 0 bridgehead atoms. The molecule has 0 saturated carbocycles. The van der Waals surface area contributed by atoms with Crippen molar-refractivity contribution in [3.8, 4) is 11.5 Å². The fraction of sp³-hybridized carbons (Fsp3) is 0. The van der Waals surface area contributed by atoms with Crippen molar-refractivity contribution in [3.63, 3.8) is 0 Å². The number of benzene rings is 2. The Labute approximate surface area is 189 Å². The number of hydrogen-bond donors (Lipinski definition) is 4. The maximum atomic E-state index is 10.4. The summed E-state index contributed by atoms with van der Waals surface area (Å²) in [6.45, 7) is 0. The standard InChI is InChI=1S/2C6H4NO3.2Hg.Na.2H2O/c2*8-6-4-2-1-3-5(6)7(9)10;;;;;/h2*1-2,4,8H;;;;2*1H2/q;;3*+1;;/p-2. The molecule has 13 heteroatoms. The molecule has 10 nitrogen and oxygen atoms in total. The van der Waals surface area contributed by atoms with Gasteiger partial charge in [-0.2, -0.15) is 0 Å². The molecule has 0 atom stereocenters. The van der Waals surface area contributed by atoms with Crippen molar-refractivity contribution in [2.45, 2.75) is 0 Å². The van der Waals surface area contributed by atoms with Gasteiger partial charge in [-0.25, -0.2) is 0 Å². The molecule has 2 aromatic carbocycles. The number of nitro benzene ring substituents is 2. The van der Waals surface area contributed by atoms with E-state index in [1.165, 1.54) is 36.4 Å². The first-order valence-corrected chi connectivity index (χ1v) is 16.9. The number of phenols is 2. The van der Waals surface area contributed by atoms with E-state index < -0.39 is 59.9 Å². The van der Waals surface area contributed by atoms with Gasteiger partial charge >= 0.3 is 191 Å². The third kappa shape index (κ3) is 7.04. The molecule has 0 aliphatic carbocycles. The summed E-state index contributed by atoms with van der Waals surface area (Å²) in [6.07, 6.45) is 0. The van der Waals surface area contributed by atoms with Crippen LogP contribution in [-0.2, 0) is 50.1 Å². The Bertz CT molecular complexity index is 698. The Morgan fingerprint density at radius 1 is 0.760 bits per heavy atom. The van der Waals surface area contributed by atoms with E-state index >= 15 is 0 Å². The molecule has 0 amide bonds. The van der Waals surface area contributed by atoms with E-state index in [2.05, 4.69) is 0 Å². The first-order valence-electron chi connectivity index (χ1n) is 6.45. The SMILES string of the molecule is O=[N+]([O-])c1c(O)ccc[c]1[Hg][OH].O=[N+]([O-])c1c(O)ccc[c]1[Hg][OH].[Na+]. The Kier molecular flexibility index (Phi) is 11.9. The topological polar surface area (TPSA) is 167 Å². The van der Waals surface area contributed by atoms with E-state index in [0.29, 0.717) is 6.14 Å². The van der Waals surface area contributed by atoms with Gasteiger partial charge in [0.2, 0.25) is 0 Å². The summed E-state index contributed by atoms with van der Waals surface area (Å²) in [5.74, 6) is -0.738. The predicted molar refractivity (Wildman–Crippen MR) is 73.2 cm³/mol. The van der Waals surface area contributed by atoms with Gasteiger partial charge in [0.05, 0.1) is 0 Å². The van der Waals surface area contributed by atoms with Crippen LogP contribution in [0, 0.1) is 20.2 Å². The van der Waals surface area contributed by atoms with Crippen LogP contribution in [0.4, 0.5) is 11.4 Å². The van der Waals surface area contributed by atoms with Crippen molar-refractivity contribution in [2.24, 2.45) is 0 Å². The van der Waals surface area contributed by atoms with Crippen molar-refractivity contribution in [1.29, 1.82) is 0 Å². The Balaban J connectivity index is 0.000000443. The molecule has 0 radical (unpaired) electrons. The molecule has 0 aromatic heterocycles. The molecule has 0 saturated heterocycles. The number of nitro groups is 2. The van der Waals surface area contributed by atoms with E-state index in [4.69, 9.17) is 16.2 Å². The van der Waals surface area contributed by atoms with Gasteiger partial charge in [-0.05, 0) is 0 Å². The molecule has 0 spiro atoms. The summed E-state index contributed by atoms with van der Waals surface area (Å²) in [6, 6.07) is 8.44. The molecule has 0 unspecified atom stereocenters. The van der Waals surface area contributed by atoms with Gasteiger partial charge < -0.3 is 0 Å². The molecule has 2 aromatic rings. The van der Waals surface area contributed by atoms with E-state index in [9.17, 15) is 20.2 Å². The third-order valence-corrected chi connectivity index (χ3v) is 9.99. The summed E-state index contributed by atoms with van der Waals surface area (Å²) < 4.78 is 18.5. The summed E-state index contributed by atoms with van der Waals surface area (Å²) >= 11 is -4.59. The van der Waals surface area contributed by atoms with Crippen molar-refractivity contribution < 1.29 is 106 Å². The van der Waals surface area contributed by atoms with Crippen LogP contribution in [0.15, 0.2) is 36.4 Å². The molecule has 0 aliphatic heterocycles. The zero-order valence-electron chi connectivity index (χ0n) is 13.2. The number of phenolic OH excluding ortho intramolecular Hbond substituents is 2. The number of aromatic hydroxyl groups is 2. The molecule has 120 valence electrons. The van der Waals surface area contributed by atoms with Crippen LogP contribution in [0.2, 0.25) is 0 Å². The van der Waals surface area contributed by atoms with Crippen molar-refractivity contribution in [3.05, 3.63) is 56.6 Å². The van der Waals surface area contributed by atoms with Gasteiger partial charge in [0.15, 0.2) is 0 Å². The van der Waals surface area contributed by atoms with Crippen molar-refractivity contribution in [1.82, 2.24) is 0 Å².